The van der Waals surface area contributed by atoms with Crippen LogP contribution in [0.4, 0.5) is 0 Å². The number of hydrogen-bond donors (Lipinski definition) is 1. The molecule has 108 valence electrons. The van der Waals surface area contributed by atoms with Crippen LogP contribution in [0.1, 0.15) is 12.5 Å². The van der Waals surface area contributed by atoms with E-state index < -0.39 is 0 Å². The number of furan rings is 1. The highest BCUT2D eigenvalue weighted by Gasteiger charge is 2.11. The average Bonchev–Trinajstić information content (AvgIpc) is 2.88. The van der Waals surface area contributed by atoms with Crippen molar-refractivity contribution in [3.05, 3.63) is 58.1 Å². The molecule has 3 rings (SSSR count). The molecule has 2 nitrogen and oxygen atoms in total. The van der Waals surface area contributed by atoms with Crippen LogP contribution in [0.2, 0.25) is 10.0 Å². The average molecular weight is 320 g/mol. The maximum Gasteiger partial charge on any atom is 0.135 e. The SMILES string of the molecule is CCNCc1ccc(Cl)cc1-c1cc2cc(Cl)ccc2o1. The standard InChI is InChI=1S/C17H15Cl2NO/c1-2-20-10-11-3-4-14(19)9-15(11)17-8-12-7-13(18)5-6-16(12)21-17/h3-9,20H,2,10H2,1H3. The summed E-state index contributed by atoms with van der Waals surface area (Å²) in [6.07, 6.45) is 0. The highest BCUT2D eigenvalue weighted by Crippen LogP contribution is 2.33. The van der Waals surface area contributed by atoms with Crippen LogP contribution in [-0.2, 0) is 6.54 Å². The number of benzene rings is 2. The molecule has 0 radical (unpaired) electrons. The first kappa shape index (κ1) is 14.5. The Kier molecular flexibility index (Phi) is 4.20. The molecule has 0 bridgehead atoms. The molecule has 0 aliphatic rings. The first-order valence-electron chi connectivity index (χ1n) is 6.86. The normalized spacial score (nSPS) is 11.2. The summed E-state index contributed by atoms with van der Waals surface area (Å²) in [5.74, 6) is 0.808. The van der Waals surface area contributed by atoms with Crippen LogP contribution in [0.3, 0.4) is 0 Å². The minimum Gasteiger partial charge on any atom is -0.456 e. The van der Waals surface area contributed by atoms with Crippen molar-refractivity contribution in [3.63, 3.8) is 0 Å². The quantitative estimate of drug-likeness (QED) is 0.685. The van der Waals surface area contributed by atoms with Gasteiger partial charge in [0, 0.05) is 27.5 Å². The van der Waals surface area contributed by atoms with E-state index in [2.05, 4.69) is 12.2 Å². The largest absolute Gasteiger partial charge is 0.456 e. The van der Waals surface area contributed by atoms with Gasteiger partial charge in [-0.15, -0.1) is 0 Å². The second-order valence-corrected chi connectivity index (χ2v) is 5.75. The topological polar surface area (TPSA) is 25.2 Å². The molecule has 2 aromatic carbocycles. The van der Waals surface area contributed by atoms with E-state index in [0.29, 0.717) is 10.0 Å². The van der Waals surface area contributed by atoms with Gasteiger partial charge in [-0.2, -0.15) is 0 Å². The van der Waals surface area contributed by atoms with E-state index in [0.717, 1.165) is 40.9 Å². The Morgan fingerprint density at radius 2 is 1.76 bits per heavy atom. The second-order valence-electron chi connectivity index (χ2n) is 4.87. The minimum absolute atomic E-state index is 0.698. The molecule has 0 aliphatic carbocycles. The van der Waals surface area contributed by atoms with Crippen molar-refractivity contribution < 1.29 is 4.42 Å². The van der Waals surface area contributed by atoms with E-state index in [1.165, 1.54) is 0 Å². The number of halogens is 2. The fourth-order valence-electron chi connectivity index (χ4n) is 2.34. The van der Waals surface area contributed by atoms with Gasteiger partial charge < -0.3 is 9.73 Å². The smallest absolute Gasteiger partial charge is 0.135 e. The van der Waals surface area contributed by atoms with Crippen LogP contribution >= 0.6 is 23.2 Å². The lowest BCUT2D eigenvalue weighted by Crippen LogP contribution is -2.12. The molecule has 1 aromatic heterocycles. The highest BCUT2D eigenvalue weighted by molar-refractivity contribution is 6.31. The van der Waals surface area contributed by atoms with Crippen molar-refractivity contribution in [2.75, 3.05) is 6.54 Å². The van der Waals surface area contributed by atoms with Crippen LogP contribution in [0.25, 0.3) is 22.3 Å². The van der Waals surface area contributed by atoms with E-state index in [9.17, 15) is 0 Å². The molecule has 0 saturated carbocycles. The minimum atomic E-state index is 0.698. The van der Waals surface area contributed by atoms with Gasteiger partial charge in [-0.3, -0.25) is 0 Å². The van der Waals surface area contributed by atoms with Crippen LogP contribution < -0.4 is 5.32 Å². The lowest BCUT2D eigenvalue weighted by Gasteiger charge is -2.08. The molecule has 0 saturated heterocycles. The Morgan fingerprint density at radius 3 is 2.57 bits per heavy atom. The third-order valence-corrected chi connectivity index (χ3v) is 3.85. The summed E-state index contributed by atoms with van der Waals surface area (Å²) in [5.41, 5.74) is 2.99. The van der Waals surface area contributed by atoms with Crippen LogP contribution in [0, 0.1) is 0 Å². The zero-order valence-corrected chi connectivity index (χ0v) is 13.1. The Balaban J connectivity index is 2.10. The van der Waals surface area contributed by atoms with Crippen LogP contribution in [0.15, 0.2) is 46.9 Å². The number of rotatable bonds is 4. The predicted octanol–water partition coefficient (Wildman–Crippen LogP) is 5.52. The van der Waals surface area contributed by atoms with E-state index >= 15 is 0 Å². The lowest BCUT2D eigenvalue weighted by atomic mass is 10.0. The van der Waals surface area contributed by atoms with Crippen molar-refractivity contribution in [2.45, 2.75) is 13.5 Å². The van der Waals surface area contributed by atoms with Gasteiger partial charge in [-0.05, 0) is 48.5 Å². The maximum absolute atomic E-state index is 6.14. The van der Waals surface area contributed by atoms with Crippen molar-refractivity contribution in [3.8, 4) is 11.3 Å². The fraction of sp³-hybridized carbons (Fsp3) is 0.176. The number of fused-ring (bicyclic) bond motifs is 1. The third kappa shape index (κ3) is 3.08. The molecule has 4 heteroatoms. The Labute approximate surface area is 133 Å². The first-order chi connectivity index (χ1) is 10.2. The van der Waals surface area contributed by atoms with Gasteiger partial charge in [0.2, 0.25) is 0 Å². The van der Waals surface area contributed by atoms with Gasteiger partial charge in [-0.25, -0.2) is 0 Å². The summed E-state index contributed by atoms with van der Waals surface area (Å²) in [7, 11) is 0. The number of nitrogens with one attached hydrogen (secondary N) is 1. The molecule has 0 amide bonds. The van der Waals surface area contributed by atoms with Crippen molar-refractivity contribution in [1.29, 1.82) is 0 Å². The van der Waals surface area contributed by atoms with Gasteiger partial charge in [-0.1, -0.05) is 36.2 Å². The van der Waals surface area contributed by atoms with Crippen LogP contribution in [0.5, 0.6) is 0 Å². The molecule has 3 aromatic rings. The van der Waals surface area contributed by atoms with Gasteiger partial charge in [0.05, 0.1) is 0 Å². The van der Waals surface area contributed by atoms with E-state index in [4.69, 9.17) is 27.6 Å². The van der Waals surface area contributed by atoms with Gasteiger partial charge in [0.15, 0.2) is 0 Å². The summed E-state index contributed by atoms with van der Waals surface area (Å²) in [4.78, 5) is 0. The van der Waals surface area contributed by atoms with Gasteiger partial charge >= 0.3 is 0 Å². The molecule has 0 atom stereocenters. The third-order valence-electron chi connectivity index (χ3n) is 3.38. The summed E-state index contributed by atoms with van der Waals surface area (Å²) in [5, 5.41) is 5.72. The summed E-state index contributed by atoms with van der Waals surface area (Å²) < 4.78 is 5.94. The van der Waals surface area contributed by atoms with E-state index in [1.807, 2.05) is 42.5 Å². The molecule has 21 heavy (non-hydrogen) atoms. The molecular weight excluding hydrogens is 305 g/mol. The summed E-state index contributed by atoms with van der Waals surface area (Å²) in [6, 6.07) is 13.5. The van der Waals surface area contributed by atoms with Gasteiger partial charge in [0.25, 0.3) is 0 Å². The van der Waals surface area contributed by atoms with Crippen molar-refractivity contribution >= 4 is 34.2 Å². The lowest BCUT2D eigenvalue weighted by molar-refractivity contribution is 0.629. The first-order valence-corrected chi connectivity index (χ1v) is 7.61. The Hall–Kier alpha value is -1.48. The van der Waals surface area contributed by atoms with E-state index in [-0.39, 0.29) is 0 Å². The molecule has 1 N–H and O–H groups in total. The van der Waals surface area contributed by atoms with Gasteiger partial charge in [0.1, 0.15) is 11.3 Å². The summed E-state index contributed by atoms with van der Waals surface area (Å²) >= 11 is 12.2. The summed E-state index contributed by atoms with van der Waals surface area (Å²) in [6.45, 7) is 3.78. The Bertz CT molecular complexity index is 780. The zero-order valence-electron chi connectivity index (χ0n) is 11.6. The molecular formula is C17H15Cl2NO. The molecule has 0 spiro atoms. The molecule has 0 unspecified atom stereocenters. The predicted molar refractivity (Wildman–Crippen MR) is 89.1 cm³/mol. The highest BCUT2D eigenvalue weighted by atomic mass is 35.5. The van der Waals surface area contributed by atoms with Crippen molar-refractivity contribution in [2.24, 2.45) is 0 Å². The number of hydrogen-bond acceptors (Lipinski definition) is 2. The monoisotopic (exact) mass is 319 g/mol. The molecule has 1 heterocycles. The van der Waals surface area contributed by atoms with Crippen molar-refractivity contribution in [1.82, 2.24) is 5.32 Å². The molecule has 0 fully saturated rings. The molecule has 0 aliphatic heterocycles. The second kappa shape index (κ2) is 6.10. The zero-order chi connectivity index (χ0) is 14.8. The maximum atomic E-state index is 6.14. The van der Waals surface area contributed by atoms with Crippen LogP contribution in [-0.4, -0.2) is 6.54 Å². The fourth-order valence-corrected chi connectivity index (χ4v) is 2.69. The van der Waals surface area contributed by atoms with E-state index in [1.54, 1.807) is 0 Å². The Morgan fingerprint density at radius 1 is 1.00 bits per heavy atom.